The van der Waals surface area contributed by atoms with Gasteiger partial charge in [-0.25, -0.2) is 13.2 Å². The number of anilines is 1. The smallest absolute Gasteiger partial charge is 0.317 e. The van der Waals surface area contributed by atoms with E-state index in [4.69, 9.17) is 0 Å². The standard InChI is InChI=1S/C19H27N3O3S/c1-26(24,25)21-17-4-2-13(3-5-17)11-20-19(23)22-12-16-7-14-6-15(8-16)10-18(22)9-14/h2-5,14-16,18,21H,6-12H2,1H3,(H,20,23)/t14-,15+,16?,18?. The van der Waals surface area contributed by atoms with E-state index in [0.29, 0.717) is 24.2 Å². The van der Waals surface area contributed by atoms with Crippen molar-refractivity contribution in [3.05, 3.63) is 29.8 Å². The molecule has 7 heteroatoms. The van der Waals surface area contributed by atoms with E-state index in [1.807, 2.05) is 12.1 Å². The van der Waals surface area contributed by atoms with Gasteiger partial charge in [0, 0.05) is 24.8 Å². The molecule has 2 heterocycles. The third kappa shape index (κ3) is 3.98. The summed E-state index contributed by atoms with van der Waals surface area (Å²) in [4.78, 5) is 14.9. The molecular formula is C19H27N3O3S. The second kappa shape index (κ2) is 6.76. The third-order valence-electron chi connectivity index (χ3n) is 6.07. The van der Waals surface area contributed by atoms with E-state index >= 15 is 0 Å². The maximum atomic E-state index is 12.8. The predicted molar refractivity (Wildman–Crippen MR) is 101 cm³/mol. The molecule has 2 aliphatic heterocycles. The highest BCUT2D eigenvalue weighted by Crippen LogP contribution is 2.47. The van der Waals surface area contributed by atoms with Gasteiger partial charge in [-0.15, -0.1) is 0 Å². The minimum atomic E-state index is -3.27. The zero-order valence-electron chi connectivity index (χ0n) is 15.1. The molecule has 2 saturated heterocycles. The molecule has 142 valence electrons. The average molecular weight is 378 g/mol. The van der Waals surface area contributed by atoms with E-state index in [1.54, 1.807) is 12.1 Å². The lowest BCUT2D eigenvalue weighted by atomic mass is 9.68. The van der Waals surface area contributed by atoms with Crippen LogP contribution in [0.5, 0.6) is 0 Å². The first kappa shape index (κ1) is 17.6. The molecule has 26 heavy (non-hydrogen) atoms. The molecule has 4 bridgehead atoms. The summed E-state index contributed by atoms with van der Waals surface area (Å²) in [6.45, 7) is 1.36. The van der Waals surface area contributed by atoms with Gasteiger partial charge in [-0.1, -0.05) is 12.1 Å². The summed E-state index contributed by atoms with van der Waals surface area (Å²) < 4.78 is 24.9. The number of hydrogen-bond acceptors (Lipinski definition) is 3. The number of urea groups is 1. The van der Waals surface area contributed by atoms with Gasteiger partial charge in [0.25, 0.3) is 0 Å². The van der Waals surface area contributed by atoms with Gasteiger partial charge in [-0.3, -0.25) is 4.72 Å². The van der Waals surface area contributed by atoms with Crippen LogP contribution < -0.4 is 10.0 Å². The van der Waals surface area contributed by atoms with Gasteiger partial charge < -0.3 is 10.2 Å². The number of benzene rings is 1. The Morgan fingerprint density at radius 3 is 2.27 bits per heavy atom. The van der Waals surface area contributed by atoms with Crippen LogP contribution in [0.3, 0.4) is 0 Å². The first-order valence-corrected chi connectivity index (χ1v) is 11.4. The van der Waals surface area contributed by atoms with Crippen LogP contribution in [0.25, 0.3) is 0 Å². The van der Waals surface area contributed by atoms with Crippen molar-refractivity contribution < 1.29 is 13.2 Å². The van der Waals surface area contributed by atoms with Crippen molar-refractivity contribution in [2.75, 3.05) is 17.5 Å². The van der Waals surface area contributed by atoms with Crippen molar-refractivity contribution in [2.45, 2.75) is 44.7 Å². The molecule has 2 N–H and O–H groups in total. The van der Waals surface area contributed by atoms with Crippen LogP contribution in [0.1, 0.15) is 37.7 Å². The Kier molecular flexibility index (Phi) is 4.59. The van der Waals surface area contributed by atoms with Crippen molar-refractivity contribution in [1.29, 1.82) is 0 Å². The van der Waals surface area contributed by atoms with Crippen LogP contribution in [0.15, 0.2) is 24.3 Å². The van der Waals surface area contributed by atoms with E-state index in [-0.39, 0.29) is 6.03 Å². The summed E-state index contributed by atoms with van der Waals surface area (Å²) in [5, 5.41) is 3.05. The highest BCUT2D eigenvalue weighted by Gasteiger charge is 2.43. The molecular weight excluding hydrogens is 350 g/mol. The molecule has 1 aromatic rings. The summed E-state index contributed by atoms with van der Waals surface area (Å²) >= 11 is 0. The fourth-order valence-corrected chi connectivity index (χ4v) is 5.78. The number of carbonyl (C=O) groups is 1. The van der Waals surface area contributed by atoms with E-state index < -0.39 is 10.0 Å². The molecule has 5 rings (SSSR count). The number of fused-ring (bicyclic) bond motifs is 1. The van der Waals surface area contributed by atoms with Crippen LogP contribution in [-0.4, -0.2) is 38.2 Å². The van der Waals surface area contributed by atoms with Gasteiger partial charge in [0.15, 0.2) is 0 Å². The molecule has 2 amide bonds. The van der Waals surface area contributed by atoms with Gasteiger partial charge in [-0.2, -0.15) is 0 Å². The first-order valence-electron chi connectivity index (χ1n) is 9.47. The zero-order chi connectivity index (χ0) is 18.3. The second-order valence-electron chi connectivity index (χ2n) is 8.31. The molecule has 4 atom stereocenters. The monoisotopic (exact) mass is 377 g/mol. The number of sulfonamides is 1. The minimum Gasteiger partial charge on any atom is -0.334 e. The molecule has 0 spiro atoms. The van der Waals surface area contributed by atoms with Crippen molar-refractivity contribution >= 4 is 21.7 Å². The minimum absolute atomic E-state index is 0.0431. The van der Waals surface area contributed by atoms with Crippen LogP contribution in [0.4, 0.5) is 10.5 Å². The SMILES string of the molecule is CS(=O)(=O)Nc1ccc(CNC(=O)N2CC3C[C@@H]4CC2C[C@H](C3)C4)cc1. The van der Waals surface area contributed by atoms with Gasteiger partial charge in [0.2, 0.25) is 10.0 Å². The summed E-state index contributed by atoms with van der Waals surface area (Å²) in [5.41, 5.74) is 1.49. The van der Waals surface area contributed by atoms with Gasteiger partial charge in [0.05, 0.1) is 6.26 Å². The Labute approximate surface area is 155 Å². The van der Waals surface area contributed by atoms with Crippen molar-refractivity contribution in [1.82, 2.24) is 10.2 Å². The fraction of sp³-hybridized carbons (Fsp3) is 0.632. The molecule has 4 aliphatic rings. The number of amides is 2. The Morgan fingerprint density at radius 1 is 1.04 bits per heavy atom. The molecule has 1 aromatic carbocycles. The summed E-state index contributed by atoms with van der Waals surface area (Å²) in [5.74, 6) is 2.33. The van der Waals surface area contributed by atoms with E-state index in [0.717, 1.165) is 30.2 Å². The highest BCUT2D eigenvalue weighted by molar-refractivity contribution is 7.92. The van der Waals surface area contributed by atoms with Gasteiger partial charge in [0.1, 0.15) is 0 Å². The summed E-state index contributed by atoms with van der Waals surface area (Å²) in [6.07, 6.45) is 7.44. The number of carbonyl (C=O) groups excluding carboxylic acids is 1. The Hall–Kier alpha value is -1.76. The van der Waals surface area contributed by atoms with Crippen LogP contribution in [0.2, 0.25) is 0 Å². The largest absolute Gasteiger partial charge is 0.334 e. The van der Waals surface area contributed by atoms with Crippen molar-refractivity contribution in [2.24, 2.45) is 17.8 Å². The zero-order valence-corrected chi connectivity index (χ0v) is 16.0. The topological polar surface area (TPSA) is 78.5 Å². The van der Waals surface area contributed by atoms with E-state index in [1.165, 1.54) is 32.1 Å². The lowest BCUT2D eigenvalue weighted by molar-refractivity contribution is 0.131. The summed E-state index contributed by atoms with van der Waals surface area (Å²) in [6, 6.07) is 7.56. The van der Waals surface area contributed by atoms with Gasteiger partial charge >= 0.3 is 6.03 Å². The predicted octanol–water partition coefficient (Wildman–Crippen LogP) is 2.78. The van der Waals surface area contributed by atoms with E-state index in [2.05, 4.69) is 14.9 Å². The highest BCUT2D eigenvalue weighted by atomic mass is 32.2. The summed E-state index contributed by atoms with van der Waals surface area (Å²) in [7, 11) is -3.27. The number of rotatable bonds is 4. The Bertz CT molecular complexity index is 764. The van der Waals surface area contributed by atoms with Crippen LogP contribution in [0, 0.1) is 17.8 Å². The quantitative estimate of drug-likeness (QED) is 0.847. The fourth-order valence-electron chi connectivity index (χ4n) is 5.22. The maximum absolute atomic E-state index is 12.8. The lowest BCUT2D eigenvalue weighted by Crippen LogP contribution is -2.47. The molecule has 0 radical (unpaired) electrons. The van der Waals surface area contributed by atoms with E-state index in [9.17, 15) is 13.2 Å². The number of nitrogens with one attached hydrogen (secondary N) is 2. The molecule has 4 fully saturated rings. The number of nitrogens with zero attached hydrogens (tertiary/aromatic N) is 1. The van der Waals surface area contributed by atoms with Gasteiger partial charge in [-0.05, 0) is 67.6 Å². The van der Waals surface area contributed by atoms with Crippen LogP contribution in [-0.2, 0) is 16.6 Å². The average Bonchev–Trinajstić information content (AvgIpc) is 2.76. The molecule has 2 aliphatic carbocycles. The Morgan fingerprint density at radius 2 is 1.65 bits per heavy atom. The molecule has 2 saturated carbocycles. The third-order valence-corrected chi connectivity index (χ3v) is 6.67. The van der Waals surface area contributed by atoms with Crippen molar-refractivity contribution in [3.8, 4) is 0 Å². The molecule has 2 unspecified atom stereocenters. The molecule has 6 nitrogen and oxygen atoms in total. The first-order chi connectivity index (χ1) is 12.4. The normalized spacial score (nSPS) is 30.1. The Balaban J connectivity index is 1.35. The number of hydrogen-bond donors (Lipinski definition) is 2. The lowest BCUT2D eigenvalue weighted by Gasteiger charge is -2.38. The second-order valence-corrected chi connectivity index (χ2v) is 10.1. The van der Waals surface area contributed by atoms with Crippen LogP contribution >= 0.6 is 0 Å². The maximum Gasteiger partial charge on any atom is 0.317 e. The molecule has 0 aromatic heterocycles. The van der Waals surface area contributed by atoms with Crippen molar-refractivity contribution in [3.63, 3.8) is 0 Å².